The molecule has 2 amide bonds. The van der Waals surface area contributed by atoms with Gasteiger partial charge in [0.05, 0.1) is 16.6 Å². The summed E-state index contributed by atoms with van der Waals surface area (Å²) in [5, 5.41) is 1.35. The Hall–Kier alpha value is -2.03. The number of nitrogens with zero attached hydrogens (tertiary/aromatic N) is 2. The number of amides is 2. The SMILES string of the molecule is CC(=O)N(NC(=O)OC(C)(C)C)[C@H]1CC[C@H](Oc2cc(=O)n(C)cc2Br)CC1. The van der Waals surface area contributed by atoms with Crippen LogP contribution < -0.4 is 15.7 Å². The summed E-state index contributed by atoms with van der Waals surface area (Å²) < 4.78 is 13.4. The third kappa shape index (κ3) is 6.25. The number of rotatable bonds is 3. The van der Waals surface area contributed by atoms with Crippen molar-refractivity contribution in [2.75, 3.05) is 0 Å². The van der Waals surface area contributed by atoms with Crippen molar-refractivity contribution in [1.82, 2.24) is 15.0 Å². The first kappa shape index (κ1) is 22.3. The average Bonchev–Trinajstić information content (AvgIpc) is 2.56. The molecule has 8 nitrogen and oxygen atoms in total. The highest BCUT2D eigenvalue weighted by molar-refractivity contribution is 9.10. The number of aryl methyl sites for hydroxylation is 1. The van der Waals surface area contributed by atoms with Crippen LogP contribution in [0.3, 0.4) is 0 Å². The number of hydrogen-bond donors (Lipinski definition) is 1. The summed E-state index contributed by atoms with van der Waals surface area (Å²) in [5.41, 5.74) is 1.78. The fourth-order valence-corrected chi connectivity index (χ4v) is 3.61. The fraction of sp³-hybridized carbons (Fsp3) is 0.632. The molecule has 156 valence electrons. The van der Waals surface area contributed by atoms with Gasteiger partial charge in [0.15, 0.2) is 0 Å². The van der Waals surface area contributed by atoms with Gasteiger partial charge in [0.1, 0.15) is 11.4 Å². The first-order chi connectivity index (χ1) is 13.0. The van der Waals surface area contributed by atoms with Crippen molar-refractivity contribution < 1.29 is 19.1 Å². The number of hydrazine groups is 1. The van der Waals surface area contributed by atoms with Gasteiger partial charge in [0.25, 0.3) is 5.56 Å². The molecule has 0 aromatic carbocycles. The molecule has 1 saturated carbocycles. The second kappa shape index (κ2) is 8.98. The Balaban J connectivity index is 1.95. The minimum absolute atomic E-state index is 0.0602. The maximum absolute atomic E-state index is 12.0. The Morgan fingerprint density at radius 1 is 1.25 bits per heavy atom. The number of pyridine rings is 1. The van der Waals surface area contributed by atoms with Crippen LogP contribution in [0.5, 0.6) is 5.75 Å². The largest absolute Gasteiger partial charge is 0.489 e. The number of carbonyl (C=O) groups is 2. The molecule has 1 fully saturated rings. The zero-order valence-corrected chi connectivity index (χ0v) is 18.5. The lowest BCUT2D eigenvalue weighted by Crippen LogP contribution is -2.53. The molecule has 0 radical (unpaired) electrons. The summed E-state index contributed by atoms with van der Waals surface area (Å²) in [6.07, 6.45) is 3.70. The molecule has 1 aliphatic carbocycles. The Labute approximate surface area is 173 Å². The maximum Gasteiger partial charge on any atom is 0.426 e. The van der Waals surface area contributed by atoms with Crippen LogP contribution in [0.1, 0.15) is 53.4 Å². The highest BCUT2D eigenvalue weighted by Crippen LogP contribution is 2.29. The molecule has 9 heteroatoms. The molecule has 1 N–H and O–H groups in total. The van der Waals surface area contributed by atoms with Crippen LogP contribution >= 0.6 is 15.9 Å². The molecule has 1 aromatic heterocycles. The van der Waals surface area contributed by atoms with Gasteiger partial charge < -0.3 is 14.0 Å². The lowest BCUT2D eigenvalue weighted by Gasteiger charge is -2.36. The summed E-state index contributed by atoms with van der Waals surface area (Å²) >= 11 is 3.41. The van der Waals surface area contributed by atoms with Gasteiger partial charge in [-0.1, -0.05) is 0 Å². The molecular formula is C19H28BrN3O5. The summed E-state index contributed by atoms with van der Waals surface area (Å²) in [4.78, 5) is 35.9. The Bertz CT molecular complexity index is 779. The number of carbonyl (C=O) groups excluding carboxylic acids is 2. The first-order valence-electron chi connectivity index (χ1n) is 9.28. The van der Waals surface area contributed by atoms with Crippen LogP contribution in [0.2, 0.25) is 0 Å². The topological polar surface area (TPSA) is 89.9 Å². The third-order valence-electron chi connectivity index (χ3n) is 4.40. The van der Waals surface area contributed by atoms with Gasteiger partial charge in [0, 0.05) is 26.2 Å². The van der Waals surface area contributed by atoms with Crippen molar-refractivity contribution in [2.45, 2.75) is 71.1 Å². The standard InChI is InChI=1S/C19H28BrN3O5/c1-12(24)23(21-18(26)28-19(2,3)4)13-6-8-14(9-7-13)27-16-10-17(25)22(5)11-15(16)20/h10-11,13-14H,6-9H2,1-5H3,(H,21,26)/t13-,14-. The van der Waals surface area contributed by atoms with E-state index in [1.54, 1.807) is 34.0 Å². The van der Waals surface area contributed by atoms with Gasteiger partial charge in [-0.05, 0) is 62.4 Å². The second-order valence-electron chi connectivity index (χ2n) is 7.99. The second-order valence-corrected chi connectivity index (χ2v) is 8.84. The number of ether oxygens (including phenoxy) is 2. The first-order valence-corrected chi connectivity index (χ1v) is 10.1. The van der Waals surface area contributed by atoms with E-state index in [0.717, 1.165) is 0 Å². The molecule has 1 aromatic rings. The molecule has 0 bridgehead atoms. The lowest BCUT2D eigenvalue weighted by molar-refractivity contribution is -0.136. The zero-order valence-electron chi connectivity index (χ0n) is 17.0. The Morgan fingerprint density at radius 2 is 1.86 bits per heavy atom. The number of hydrogen-bond acceptors (Lipinski definition) is 5. The Morgan fingerprint density at radius 3 is 2.39 bits per heavy atom. The van der Waals surface area contributed by atoms with Crippen LogP contribution in [-0.2, 0) is 16.6 Å². The minimum atomic E-state index is -0.648. The van der Waals surface area contributed by atoms with Crippen LogP contribution in [0.15, 0.2) is 21.5 Å². The van der Waals surface area contributed by atoms with Crippen molar-refractivity contribution in [1.29, 1.82) is 0 Å². The predicted molar refractivity (Wildman–Crippen MR) is 108 cm³/mol. The number of nitrogens with one attached hydrogen (secondary N) is 1. The zero-order chi connectivity index (χ0) is 21.1. The van der Waals surface area contributed by atoms with E-state index in [9.17, 15) is 14.4 Å². The van der Waals surface area contributed by atoms with E-state index in [-0.39, 0.29) is 23.6 Å². The van der Waals surface area contributed by atoms with E-state index in [1.807, 2.05) is 0 Å². The van der Waals surface area contributed by atoms with Crippen LogP contribution in [-0.4, -0.2) is 39.3 Å². The predicted octanol–water partition coefficient (Wildman–Crippen LogP) is 3.13. The molecular weight excluding hydrogens is 430 g/mol. The van der Waals surface area contributed by atoms with Crippen molar-refractivity contribution in [3.05, 3.63) is 27.1 Å². The molecule has 1 aliphatic rings. The highest BCUT2D eigenvalue weighted by Gasteiger charge is 2.31. The van der Waals surface area contributed by atoms with E-state index in [4.69, 9.17) is 9.47 Å². The van der Waals surface area contributed by atoms with Gasteiger partial charge in [0.2, 0.25) is 5.91 Å². The molecule has 0 spiro atoms. The smallest absolute Gasteiger partial charge is 0.426 e. The van der Waals surface area contributed by atoms with E-state index < -0.39 is 11.7 Å². The van der Waals surface area contributed by atoms with Crippen molar-refractivity contribution in [3.63, 3.8) is 0 Å². The quantitative estimate of drug-likeness (QED) is 0.704. The summed E-state index contributed by atoms with van der Waals surface area (Å²) in [7, 11) is 1.68. The maximum atomic E-state index is 12.0. The molecule has 2 rings (SSSR count). The number of halogens is 1. The Kier molecular flexibility index (Phi) is 7.14. The number of aromatic nitrogens is 1. The normalized spacial score (nSPS) is 19.6. The van der Waals surface area contributed by atoms with Crippen molar-refractivity contribution >= 4 is 27.9 Å². The summed E-state index contributed by atoms with van der Waals surface area (Å²) in [6.45, 7) is 6.71. The van der Waals surface area contributed by atoms with E-state index in [0.29, 0.717) is 35.9 Å². The van der Waals surface area contributed by atoms with E-state index in [2.05, 4.69) is 21.4 Å². The van der Waals surface area contributed by atoms with E-state index >= 15 is 0 Å². The van der Waals surface area contributed by atoms with Crippen molar-refractivity contribution in [2.24, 2.45) is 7.05 Å². The minimum Gasteiger partial charge on any atom is -0.489 e. The van der Waals surface area contributed by atoms with Crippen LogP contribution in [0.25, 0.3) is 0 Å². The van der Waals surface area contributed by atoms with Crippen LogP contribution in [0.4, 0.5) is 4.79 Å². The molecule has 0 aliphatic heterocycles. The molecule has 0 saturated heterocycles. The fourth-order valence-electron chi connectivity index (χ4n) is 3.10. The highest BCUT2D eigenvalue weighted by atomic mass is 79.9. The molecule has 0 unspecified atom stereocenters. The van der Waals surface area contributed by atoms with Gasteiger partial charge in [-0.25, -0.2) is 15.2 Å². The lowest BCUT2D eigenvalue weighted by atomic mass is 9.92. The molecule has 1 heterocycles. The van der Waals surface area contributed by atoms with Gasteiger partial charge in [-0.3, -0.25) is 9.59 Å². The molecule has 28 heavy (non-hydrogen) atoms. The average molecular weight is 458 g/mol. The summed E-state index contributed by atoms with van der Waals surface area (Å²) in [5.74, 6) is 0.270. The van der Waals surface area contributed by atoms with Crippen molar-refractivity contribution in [3.8, 4) is 5.75 Å². The van der Waals surface area contributed by atoms with Gasteiger partial charge in [-0.2, -0.15) is 0 Å². The van der Waals surface area contributed by atoms with E-state index in [1.165, 1.54) is 22.6 Å². The third-order valence-corrected chi connectivity index (χ3v) is 4.99. The monoisotopic (exact) mass is 457 g/mol. The van der Waals surface area contributed by atoms with Gasteiger partial charge >= 0.3 is 6.09 Å². The molecule has 0 atom stereocenters. The van der Waals surface area contributed by atoms with Crippen LogP contribution in [0, 0.1) is 0 Å². The summed E-state index contributed by atoms with van der Waals surface area (Å²) in [6, 6.07) is 1.33. The van der Waals surface area contributed by atoms with Gasteiger partial charge in [-0.15, -0.1) is 0 Å².